The minimum absolute atomic E-state index is 0.0819. The molecule has 0 heterocycles. The second kappa shape index (κ2) is 6.77. The Kier molecular flexibility index (Phi) is 6.46. The maximum absolute atomic E-state index is 11.3. The van der Waals surface area contributed by atoms with Crippen molar-refractivity contribution in [2.75, 3.05) is 6.61 Å². The van der Waals surface area contributed by atoms with Crippen molar-refractivity contribution in [3.05, 3.63) is 0 Å². The van der Waals surface area contributed by atoms with Crippen LogP contribution in [-0.2, 0) is 4.74 Å². The third-order valence-corrected chi connectivity index (χ3v) is 2.78. The molecule has 16 heavy (non-hydrogen) atoms. The maximum atomic E-state index is 11.3. The van der Waals surface area contributed by atoms with Crippen LogP contribution in [0.3, 0.4) is 0 Å². The normalized spacial score (nSPS) is 16.9. The number of hydrogen-bond donors (Lipinski definition) is 1. The van der Waals surface area contributed by atoms with Gasteiger partial charge in [0.05, 0.1) is 6.61 Å². The molecule has 0 aliphatic heterocycles. The summed E-state index contributed by atoms with van der Waals surface area (Å²) in [5.41, 5.74) is 0.0819. The lowest BCUT2D eigenvalue weighted by molar-refractivity contribution is 0.129. The maximum Gasteiger partial charge on any atom is 0.407 e. The van der Waals surface area contributed by atoms with Crippen LogP contribution < -0.4 is 5.32 Å². The van der Waals surface area contributed by atoms with Crippen LogP contribution in [0, 0.1) is 11.3 Å². The van der Waals surface area contributed by atoms with E-state index in [-0.39, 0.29) is 17.6 Å². The van der Waals surface area contributed by atoms with E-state index < -0.39 is 0 Å². The predicted octanol–water partition coefficient (Wildman–Crippen LogP) is 3.58. The van der Waals surface area contributed by atoms with Gasteiger partial charge < -0.3 is 10.1 Å². The molecule has 1 amide bonds. The molecule has 1 aliphatic carbocycles. The van der Waals surface area contributed by atoms with Gasteiger partial charge in [0.25, 0.3) is 0 Å². The zero-order chi connectivity index (χ0) is 12.8. The van der Waals surface area contributed by atoms with Crippen molar-refractivity contribution in [2.24, 2.45) is 11.3 Å². The summed E-state index contributed by atoms with van der Waals surface area (Å²) in [5.74, 6) is 0.630. The fourth-order valence-electron chi connectivity index (χ4n) is 0.913. The number of alkyl carbamates (subject to hydrolysis) is 1. The van der Waals surface area contributed by atoms with E-state index in [1.165, 1.54) is 12.8 Å². The van der Waals surface area contributed by atoms with Crippen molar-refractivity contribution < 1.29 is 9.53 Å². The fraction of sp³-hybridized carbons (Fsp3) is 0.923. The van der Waals surface area contributed by atoms with Crippen LogP contribution in [0.15, 0.2) is 0 Å². The molecule has 0 saturated heterocycles. The Morgan fingerprint density at radius 1 is 1.38 bits per heavy atom. The average molecular weight is 229 g/mol. The third kappa shape index (κ3) is 6.70. The second-order valence-corrected chi connectivity index (χ2v) is 5.27. The summed E-state index contributed by atoms with van der Waals surface area (Å²) in [6.07, 6.45) is 2.14. The van der Waals surface area contributed by atoms with E-state index in [0.717, 1.165) is 0 Å². The van der Waals surface area contributed by atoms with Crippen LogP contribution >= 0.6 is 0 Å². The molecule has 0 radical (unpaired) electrons. The molecule has 0 bridgehead atoms. The first-order chi connectivity index (χ1) is 7.39. The lowest BCUT2D eigenvalue weighted by atomic mass is 9.88. The van der Waals surface area contributed by atoms with Gasteiger partial charge in [-0.25, -0.2) is 4.79 Å². The highest BCUT2D eigenvalue weighted by Gasteiger charge is 2.25. The van der Waals surface area contributed by atoms with Crippen molar-refractivity contribution >= 4 is 6.09 Å². The lowest BCUT2D eigenvalue weighted by Crippen LogP contribution is -2.41. The van der Waals surface area contributed by atoms with Crippen molar-refractivity contribution in [3.8, 4) is 0 Å². The van der Waals surface area contributed by atoms with Gasteiger partial charge in [-0.15, -0.1) is 0 Å². The van der Waals surface area contributed by atoms with Gasteiger partial charge in [0.15, 0.2) is 0 Å². The summed E-state index contributed by atoms with van der Waals surface area (Å²) < 4.78 is 5.08. The molecule has 0 aromatic carbocycles. The molecular formula is C13H27NO2. The standard InChI is InChI=1S/C11H21NO2.C2H6/c1-8(11(2,3)4)12-10(13)14-7-9-5-6-9;1-2/h8-9H,5-7H2,1-4H3,(H,12,13);1-2H3. The Balaban J connectivity index is 0.00000106. The van der Waals surface area contributed by atoms with Crippen molar-refractivity contribution in [2.45, 2.75) is 60.4 Å². The van der Waals surface area contributed by atoms with Crippen LogP contribution in [0.2, 0.25) is 0 Å². The largest absolute Gasteiger partial charge is 0.449 e. The molecule has 96 valence electrons. The molecule has 1 N–H and O–H groups in total. The summed E-state index contributed by atoms with van der Waals surface area (Å²) in [6.45, 7) is 12.9. The van der Waals surface area contributed by atoms with Crippen LogP contribution in [-0.4, -0.2) is 18.7 Å². The monoisotopic (exact) mass is 229 g/mol. The Hall–Kier alpha value is -0.730. The van der Waals surface area contributed by atoms with Crippen LogP contribution in [0.5, 0.6) is 0 Å². The summed E-state index contributed by atoms with van der Waals surface area (Å²) >= 11 is 0. The first-order valence-corrected chi connectivity index (χ1v) is 6.33. The molecule has 1 rings (SSSR count). The number of carbonyl (C=O) groups excluding carboxylic acids is 1. The van der Waals surface area contributed by atoms with Crippen LogP contribution in [0.25, 0.3) is 0 Å². The number of hydrogen-bond acceptors (Lipinski definition) is 2. The zero-order valence-corrected chi connectivity index (χ0v) is 11.6. The molecule has 3 heteroatoms. The first kappa shape index (κ1) is 15.3. The van der Waals surface area contributed by atoms with Gasteiger partial charge in [0.1, 0.15) is 0 Å². The lowest BCUT2D eigenvalue weighted by Gasteiger charge is -2.27. The van der Waals surface area contributed by atoms with Gasteiger partial charge in [0.2, 0.25) is 0 Å². The minimum Gasteiger partial charge on any atom is -0.449 e. The minimum atomic E-state index is -0.278. The Morgan fingerprint density at radius 3 is 2.25 bits per heavy atom. The van der Waals surface area contributed by atoms with Crippen molar-refractivity contribution in [3.63, 3.8) is 0 Å². The average Bonchev–Trinajstić information content (AvgIpc) is 3.00. The number of rotatable bonds is 3. The van der Waals surface area contributed by atoms with E-state index in [0.29, 0.717) is 12.5 Å². The van der Waals surface area contributed by atoms with E-state index in [4.69, 9.17) is 4.74 Å². The van der Waals surface area contributed by atoms with E-state index in [9.17, 15) is 4.79 Å². The van der Waals surface area contributed by atoms with E-state index in [2.05, 4.69) is 26.1 Å². The summed E-state index contributed by atoms with van der Waals surface area (Å²) in [7, 11) is 0. The molecule has 1 unspecified atom stereocenters. The number of amides is 1. The molecule has 1 atom stereocenters. The Bertz CT molecular complexity index is 204. The molecule has 0 aromatic heterocycles. The van der Waals surface area contributed by atoms with Crippen LogP contribution in [0.1, 0.15) is 54.4 Å². The van der Waals surface area contributed by atoms with Gasteiger partial charge in [-0.05, 0) is 31.1 Å². The second-order valence-electron chi connectivity index (χ2n) is 5.27. The summed E-state index contributed by atoms with van der Waals surface area (Å²) in [6, 6.07) is 0.134. The quantitative estimate of drug-likeness (QED) is 0.803. The summed E-state index contributed by atoms with van der Waals surface area (Å²) in [5, 5.41) is 2.84. The van der Waals surface area contributed by atoms with Gasteiger partial charge in [-0.2, -0.15) is 0 Å². The zero-order valence-electron chi connectivity index (χ0n) is 11.6. The van der Waals surface area contributed by atoms with E-state index >= 15 is 0 Å². The fourth-order valence-corrected chi connectivity index (χ4v) is 0.913. The SMILES string of the molecule is CC.CC(NC(=O)OCC1CC1)C(C)(C)C. The van der Waals surface area contributed by atoms with Gasteiger partial charge in [0, 0.05) is 6.04 Å². The first-order valence-electron chi connectivity index (χ1n) is 6.33. The Labute approximate surface area is 99.9 Å². The number of nitrogens with one attached hydrogen (secondary N) is 1. The number of carbonyl (C=O) groups is 1. The van der Waals surface area contributed by atoms with Gasteiger partial charge >= 0.3 is 6.09 Å². The number of ether oxygens (including phenoxy) is 1. The third-order valence-electron chi connectivity index (χ3n) is 2.78. The van der Waals surface area contributed by atoms with Gasteiger partial charge in [-0.1, -0.05) is 34.6 Å². The molecule has 1 fully saturated rings. The van der Waals surface area contributed by atoms with Crippen LogP contribution in [0.4, 0.5) is 4.79 Å². The molecule has 0 aromatic rings. The predicted molar refractivity (Wildman–Crippen MR) is 67.5 cm³/mol. The van der Waals surface area contributed by atoms with Crippen molar-refractivity contribution in [1.82, 2.24) is 5.32 Å². The highest BCUT2D eigenvalue weighted by molar-refractivity contribution is 5.67. The summed E-state index contributed by atoms with van der Waals surface area (Å²) in [4.78, 5) is 11.3. The topological polar surface area (TPSA) is 38.3 Å². The highest BCUT2D eigenvalue weighted by Crippen LogP contribution is 2.28. The Morgan fingerprint density at radius 2 is 1.88 bits per heavy atom. The molecule has 1 aliphatic rings. The van der Waals surface area contributed by atoms with E-state index in [1.807, 2.05) is 20.8 Å². The molecule has 0 spiro atoms. The van der Waals surface area contributed by atoms with Gasteiger partial charge in [-0.3, -0.25) is 0 Å². The highest BCUT2D eigenvalue weighted by atomic mass is 16.5. The smallest absolute Gasteiger partial charge is 0.407 e. The van der Waals surface area contributed by atoms with E-state index in [1.54, 1.807) is 0 Å². The molecule has 1 saturated carbocycles. The molecule has 3 nitrogen and oxygen atoms in total. The van der Waals surface area contributed by atoms with Crippen molar-refractivity contribution in [1.29, 1.82) is 0 Å². The molecular weight excluding hydrogens is 202 g/mol.